The molecule has 6 heteroatoms. The highest BCUT2D eigenvalue weighted by atomic mass is 32.1. The summed E-state index contributed by atoms with van der Waals surface area (Å²) >= 11 is 1.22. The number of amides is 1. The number of aromatic nitrogens is 2. The highest BCUT2D eigenvalue weighted by molar-refractivity contribution is 6.99. The zero-order valence-electron chi connectivity index (χ0n) is 9.56. The first-order valence-electron chi connectivity index (χ1n) is 5.36. The topological polar surface area (TPSA) is 58.1 Å². The molecule has 5 nitrogen and oxygen atoms in total. The van der Waals surface area contributed by atoms with Crippen molar-refractivity contribution >= 4 is 17.6 Å². The Morgan fingerprint density at radius 3 is 3.12 bits per heavy atom. The van der Waals surface area contributed by atoms with Crippen molar-refractivity contribution in [1.82, 2.24) is 19.0 Å². The second-order valence-corrected chi connectivity index (χ2v) is 5.22. The van der Waals surface area contributed by atoms with Crippen molar-refractivity contribution in [2.45, 2.75) is 32.4 Å². The van der Waals surface area contributed by atoms with Gasteiger partial charge in [0.15, 0.2) is 0 Å². The Labute approximate surface area is 99.2 Å². The van der Waals surface area contributed by atoms with Gasteiger partial charge >= 0.3 is 0 Å². The summed E-state index contributed by atoms with van der Waals surface area (Å²) in [5, 5.41) is 2.90. The fraction of sp³-hybridized carbons (Fsp3) is 0.700. The summed E-state index contributed by atoms with van der Waals surface area (Å²) in [5.74, 6) is 0.129. The summed E-state index contributed by atoms with van der Waals surface area (Å²) in [7, 11) is 0. The molecule has 0 aliphatic carbocycles. The molecule has 0 radical (unpaired) electrons. The molecule has 1 N–H and O–H groups in total. The standard InChI is InChI=1S/C10H16N4OS/c1-10(2)5-9(15)11-3-4-14(10)7-8-6-12-16-13-8/h6H,3-5,7H2,1-2H3,(H,11,15). The molecule has 0 saturated carbocycles. The van der Waals surface area contributed by atoms with Crippen molar-refractivity contribution in [3.05, 3.63) is 11.9 Å². The second-order valence-electron chi connectivity index (χ2n) is 4.66. The van der Waals surface area contributed by atoms with Gasteiger partial charge in [-0.05, 0) is 13.8 Å². The molecule has 16 heavy (non-hydrogen) atoms. The van der Waals surface area contributed by atoms with Crippen molar-refractivity contribution in [2.24, 2.45) is 0 Å². The molecular formula is C10H16N4OS. The molecule has 1 aromatic rings. The Morgan fingerprint density at radius 2 is 2.44 bits per heavy atom. The molecule has 1 fully saturated rings. The minimum atomic E-state index is -0.121. The van der Waals surface area contributed by atoms with E-state index >= 15 is 0 Å². The quantitative estimate of drug-likeness (QED) is 0.824. The molecular weight excluding hydrogens is 224 g/mol. The van der Waals surface area contributed by atoms with Gasteiger partial charge in [-0.3, -0.25) is 9.69 Å². The van der Waals surface area contributed by atoms with Crippen molar-refractivity contribution in [2.75, 3.05) is 13.1 Å². The van der Waals surface area contributed by atoms with Crippen LogP contribution in [0.4, 0.5) is 0 Å². The Hall–Kier alpha value is -1.01. The zero-order valence-corrected chi connectivity index (χ0v) is 10.4. The van der Waals surface area contributed by atoms with Crippen LogP contribution in [-0.4, -0.2) is 38.2 Å². The lowest BCUT2D eigenvalue weighted by Gasteiger charge is -2.35. The van der Waals surface area contributed by atoms with Gasteiger partial charge in [-0.15, -0.1) is 0 Å². The maximum absolute atomic E-state index is 11.5. The number of nitrogens with zero attached hydrogens (tertiary/aromatic N) is 3. The number of nitrogens with one attached hydrogen (secondary N) is 1. The van der Waals surface area contributed by atoms with Crippen LogP contribution in [0.25, 0.3) is 0 Å². The fourth-order valence-electron chi connectivity index (χ4n) is 1.94. The van der Waals surface area contributed by atoms with Gasteiger partial charge in [-0.2, -0.15) is 8.75 Å². The molecule has 1 aliphatic heterocycles. The van der Waals surface area contributed by atoms with Gasteiger partial charge in [-0.25, -0.2) is 0 Å². The number of hydrogen-bond donors (Lipinski definition) is 1. The Bertz CT molecular complexity index is 363. The SMILES string of the molecule is CC1(C)CC(=O)NCCN1Cc1cnsn1. The summed E-state index contributed by atoms with van der Waals surface area (Å²) < 4.78 is 8.20. The largest absolute Gasteiger partial charge is 0.355 e. The highest BCUT2D eigenvalue weighted by Gasteiger charge is 2.32. The molecule has 0 spiro atoms. The Balaban J connectivity index is 2.09. The van der Waals surface area contributed by atoms with Crippen LogP contribution in [-0.2, 0) is 11.3 Å². The van der Waals surface area contributed by atoms with Gasteiger partial charge in [0.1, 0.15) is 0 Å². The summed E-state index contributed by atoms with van der Waals surface area (Å²) in [6, 6.07) is 0. The van der Waals surface area contributed by atoms with Gasteiger partial charge in [0.2, 0.25) is 5.91 Å². The maximum Gasteiger partial charge on any atom is 0.221 e. The maximum atomic E-state index is 11.5. The molecule has 1 amide bonds. The predicted octanol–water partition coefficient (Wildman–Crippen LogP) is 0.639. The lowest BCUT2D eigenvalue weighted by molar-refractivity contribution is -0.122. The molecule has 0 atom stereocenters. The summed E-state index contributed by atoms with van der Waals surface area (Å²) in [5.41, 5.74) is 0.858. The van der Waals surface area contributed by atoms with E-state index in [9.17, 15) is 4.79 Å². The first kappa shape index (κ1) is 11.5. The van der Waals surface area contributed by atoms with Crippen LogP contribution in [0.5, 0.6) is 0 Å². The van der Waals surface area contributed by atoms with Crippen molar-refractivity contribution < 1.29 is 4.79 Å². The molecule has 1 saturated heterocycles. The van der Waals surface area contributed by atoms with Gasteiger partial charge in [0.05, 0.1) is 23.6 Å². The number of carbonyl (C=O) groups excluding carboxylic acids is 1. The summed E-state index contributed by atoms with van der Waals surface area (Å²) in [4.78, 5) is 13.8. The van der Waals surface area contributed by atoms with Crippen molar-refractivity contribution in [3.8, 4) is 0 Å². The third-order valence-electron chi connectivity index (χ3n) is 2.91. The monoisotopic (exact) mass is 240 g/mol. The van der Waals surface area contributed by atoms with Crippen LogP contribution in [0.1, 0.15) is 26.0 Å². The minimum Gasteiger partial charge on any atom is -0.355 e. The van der Waals surface area contributed by atoms with Crippen LogP contribution in [0, 0.1) is 0 Å². The van der Waals surface area contributed by atoms with E-state index in [1.165, 1.54) is 11.7 Å². The molecule has 0 bridgehead atoms. The van der Waals surface area contributed by atoms with Crippen LogP contribution in [0.3, 0.4) is 0 Å². The average molecular weight is 240 g/mol. The third kappa shape index (κ3) is 2.56. The van der Waals surface area contributed by atoms with Gasteiger partial charge in [0.25, 0.3) is 0 Å². The van der Waals surface area contributed by atoms with Crippen LogP contribution >= 0.6 is 11.7 Å². The molecule has 1 aromatic heterocycles. The summed E-state index contributed by atoms with van der Waals surface area (Å²) in [6.45, 7) is 6.52. The van der Waals surface area contributed by atoms with Crippen molar-refractivity contribution in [3.63, 3.8) is 0 Å². The van der Waals surface area contributed by atoms with Crippen LogP contribution in [0.15, 0.2) is 6.20 Å². The summed E-state index contributed by atoms with van der Waals surface area (Å²) in [6.07, 6.45) is 2.32. The molecule has 0 aromatic carbocycles. The lowest BCUT2D eigenvalue weighted by Crippen LogP contribution is -2.44. The van der Waals surface area contributed by atoms with Gasteiger partial charge in [-0.1, -0.05) is 0 Å². The van der Waals surface area contributed by atoms with Gasteiger partial charge in [0, 0.05) is 31.6 Å². The number of carbonyl (C=O) groups is 1. The lowest BCUT2D eigenvalue weighted by atomic mass is 9.98. The Kier molecular flexibility index (Phi) is 3.20. The van der Waals surface area contributed by atoms with Gasteiger partial charge < -0.3 is 5.32 Å². The highest BCUT2D eigenvalue weighted by Crippen LogP contribution is 2.22. The van der Waals surface area contributed by atoms with E-state index in [-0.39, 0.29) is 11.4 Å². The third-order valence-corrected chi connectivity index (χ3v) is 3.43. The molecule has 2 rings (SSSR count). The first-order chi connectivity index (χ1) is 7.58. The molecule has 1 aliphatic rings. The molecule has 0 unspecified atom stereocenters. The van der Waals surface area contributed by atoms with E-state index < -0.39 is 0 Å². The van der Waals surface area contributed by atoms with Crippen LogP contribution in [0.2, 0.25) is 0 Å². The number of rotatable bonds is 2. The normalized spacial score (nSPS) is 21.5. The van der Waals surface area contributed by atoms with E-state index in [0.29, 0.717) is 13.0 Å². The van der Waals surface area contributed by atoms with E-state index in [0.717, 1.165) is 18.8 Å². The predicted molar refractivity (Wildman–Crippen MR) is 62.0 cm³/mol. The smallest absolute Gasteiger partial charge is 0.221 e. The van der Waals surface area contributed by atoms with E-state index in [1.807, 2.05) is 0 Å². The average Bonchev–Trinajstić information content (AvgIpc) is 2.63. The minimum absolute atomic E-state index is 0.121. The number of hydrogen-bond acceptors (Lipinski definition) is 5. The van der Waals surface area contributed by atoms with E-state index in [2.05, 4.69) is 32.8 Å². The second kappa shape index (κ2) is 4.47. The Morgan fingerprint density at radius 1 is 1.62 bits per heavy atom. The molecule has 2 heterocycles. The van der Waals surface area contributed by atoms with Crippen molar-refractivity contribution in [1.29, 1.82) is 0 Å². The van der Waals surface area contributed by atoms with E-state index in [4.69, 9.17) is 0 Å². The zero-order chi connectivity index (χ0) is 11.6. The molecule has 88 valence electrons. The van der Waals surface area contributed by atoms with E-state index in [1.54, 1.807) is 6.20 Å². The fourth-order valence-corrected chi connectivity index (χ4v) is 2.37. The first-order valence-corrected chi connectivity index (χ1v) is 6.09. The van der Waals surface area contributed by atoms with Crippen LogP contribution < -0.4 is 5.32 Å².